The van der Waals surface area contributed by atoms with Crippen molar-refractivity contribution in [1.29, 1.82) is 0 Å². The number of carbonyl (C=O) groups is 1. The Balaban J connectivity index is 2.11. The van der Waals surface area contributed by atoms with E-state index in [1.165, 1.54) is 17.3 Å². The van der Waals surface area contributed by atoms with Gasteiger partial charge in [-0.2, -0.15) is 0 Å². The summed E-state index contributed by atoms with van der Waals surface area (Å²) < 4.78 is 0. The predicted molar refractivity (Wildman–Crippen MR) is 74.5 cm³/mol. The van der Waals surface area contributed by atoms with Gasteiger partial charge in [0, 0.05) is 19.8 Å². The molecule has 4 heteroatoms. The summed E-state index contributed by atoms with van der Waals surface area (Å²) in [4.78, 5) is 16.9. The summed E-state index contributed by atoms with van der Waals surface area (Å²) in [5.74, 6) is -0.202. The third-order valence-corrected chi connectivity index (χ3v) is 2.89. The Hall–Kier alpha value is -2.36. The zero-order valence-corrected chi connectivity index (χ0v) is 11.0. The van der Waals surface area contributed by atoms with E-state index in [9.17, 15) is 4.79 Å². The molecule has 0 atom stereocenters. The van der Waals surface area contributed by atoms with E-state index >= 15 is 0 Å². The second-order valence-electron chi connectivity index (χ2n) is 4.56. The number of nitrogens with zero attached hydrogens (tertiary/aromatic N) is 2. The maximum absolute atomic E-state index is 10.8. The minimum atomic E-state index is -0.958. The number of rotatable bonds is 4. The van der Waals surface area contributed by atoms with Gasteiger partial charge in [0.15, 0.2) is 0 Å². The molecular formula is C15H16N2O2. The second kappa shape index (κ2) is 5.52. The summed E-state index contributed by atoms with van der Waals surface area (Å²) in [6.45, 7) is 2.80. The molecule has 1 aromatic heterocycles. The Morgan fingerprint density at radius 3 is 2.68 bits per heavy atom. The van der Waals surface area contributed by atoms with Crippen molar-refractivity contribution in [2.75, 3.05) is 11.9 Å². The SMILES string of the molecule is Cc1cccc(CN(C)c2ccc(C(=O)O)cn2)c1. The fraction of sp³-hybridized carbons (Fsp3) is 0.200. The van der Waals surface area contributed by atoms with Crippen LogP contribution < -0.4 is 4.90 Å². The predicted octanol–water partition coefficient (Wildman–Crippen LogP) is 2.72. The molecule has 1 heterocycles. The summed E-state index contributed by atoms with van der Waals surface area (Å²) in [6.07, 6.45) is 1.38. The van der Waals surface area contributed by atoms with Crippen LogP contribution in [-0.2, 0) is 6.54 Å². The van der Waals surface area contributed by atoms with Crippen molar-refractivity contribution in [1.82, 2.24) is 4.98 Å². The number of hydrogen-bond acceptors (Lipinski definition) is 3. The van der Waals surface area contributed by atoms with E-state index in [-0.39, 0.29) is 5.56 Å². The molecule has 98 valence electrons. The van der Waals surface area contributed by atoms with Crippen LogP contribution in [0.4, 0.5) is 5.82 Å². The van der Waals surface area contributed by atoms with Gasteiger partial charge >= 0.3 is 5.97 Å². The lowest BCUT2D eigenvalue weighted by molar-refractivity contribution is 0.0696. The van der Waals surface area contributed by atoms with Crippen LogP contribution in [0.2, 0.25) is 0 Å². The topological polar surface area (TPSA) is 53.4 Å². The first-order valence-electron chi connectivity index (χ1n) is 6.02. The van der Waals surface area contributed by atoms with Gasteiger partial charge in [0.05, 0.1) is 5.56 Å². The van der Waals surface area contributed by atoms with E-state index in [2.05, 4.69) is 30.1 Å². The van der Waals surface area contributed by atoms with Crippen LogP contribution in [-0.4, -0.2) is 23.1 Å². The minimum absolute atomic E-state index is 0.202. The van der Waals surface area contributed by atoms with E-state index in [1.807, 2.05) is 18.0 Å². The van der Waals surface area contributed by atoms with E-state index in [1.54, 1.807) is 12.1 Å². The number of carboxylic acids is 1. The van der Waals surface area contributed by atoms with Gasteiger partial charge < -0.3 is 10.0 Å². The van der Waals surface area contributed by atoms with Crippen molar-refractivity contribution in [3.8, 4) is 0 Å². The van der Waals surface area contributed by atoms with Crippen molar-refractivity contribution in [2.24, 2.45) is 0 Å². The molecule has 0 radical (unpaired) electrons. The molecule has 19 heavy (non-hydrogen) atoms. The number of anilines is 1. The maximum Gasteiger partial charge on any atom is 0.337 e. The third kappa shape index (κ3) is 3.31. The molecule has 0 aliphatic heterocycles. The molecule has 0 bridgehead atoms. The summed E-state index contributed by atoms with van der Waals surface area (Å²) in [7, 11) is 1.94. The zero-order valence-electron chi connectivity index (χ0n) is 11.0. The molecule has 0 saturated carbocycles. The summed E-state index contributed by atoms with van der Waals surface area (Å²) in [5, 5.41) is 8.83. The number of carboxylic acid groups (broad SMARTS) is 1. The van der Waals surface area contributed by atoms with Crippen molar-refractivity contribution >= 4 is 11.8 Å². The van der Waals surface area contributed by atoms with Gasteiger partial charge in [-0.1, -0.05) is 29.8 Å². The molecule has 0 spiro atoms. The highest BCUT2D eigenvalue weighted by Gasteiger charge is 2.06. The second-order valence-corrected chi connectivity index (χ2v) is 4.56. The van der Waals surface area contributed by atoms with Crippen molar-refractivity contribution in [2.45, 2.75) is 13.5 Å². The molecule has 0 unspecified atom stereocenters. The molecular weight excluding hydrogens is 240 g/mol. The van der Waals surface area contributed by atoms with Crippen LogP contribution in [0.15, 0.2) is 42.6 Å². The number of aromatic carboxylic acids is 1. The molecule has 1 aromatic carbocycles. The van der Waals surface area contributed by atoms with Gasteiger partial charge in [-0.25, -0.2) is 9.78 Å². The Labute approximate surface area is 112 Å². The quantitative estimate of drug-likeness (QED) is 0.913. The standard InChI is InChI=1S/C15H16N2O2/c1-11-4-3-5-12(8-11)10-17(2)14-7-6-13(9-16-14)15(18)19/h3-9H,10H2,1-2H3,(H,18,19). The van der Waals surface area contributed by atoms with Crippen molar-refractivity contribution < 1.29 is 9.90 Å². The van der Waals surface area contributed by atoms with Gasteiger partial charge in [-0.3, -0.25) is 0 Å². The van der Waals surface area contributed by atoms with E-state index < -0.39 is 5.97 Å². The van der Waals surface area contributed by atoms with Gasteiger partial charge in [0.2, 0.25) is 0 Å². The average molecular weight is 256 g/mol. The first-order valence-corrected chi connectivity index (χ1v) is 6.02. The number of pyridine rings is 1. The minimum Gasteiger partial charge on any atom is -0.478 e. The van der Waals surface area contributed by atoms with Crippen LogP contribution in [0, 0.1) is 6.92 Å². The van der Waals surface area contributed by atoms with Crippen LogP contribution in [0.1, 0.15) is 21.5 Å². The first kappa shape index (κ1) is 13.1. The molecule has 4 nitrogen and oxygen atoms in total. The largest absolute Gasteiger partial charge is 0.478 e. The molecule has 2 rings (SSSR count). The lowest BCUT2D eigenvalue weighted by Gasteiger charge is -2.18. The van der Waals surface area contributed by atoms with Gasteiger partial charge in [0.1, 0.15) is 5.82 Å². The number of benzene rings is 1. The average Bonchev–Trinajstić information content (AvgIpc) is 2.39. The van der Waals surface area contributed by atoms with Gasteiger partial charge in [0.25, 0.3) is 0 Å². The molecule has 0 aliphatic carbocycles. The maximum atomic E-state index is 10.8. The molecule has 0 aliphatic rings. The summed E-state index contributed by atoms with van der Waals surface area (Å²) in [5.41, 5.74) is 2.62. The van der Waals surface area contributed by atoms with Crippen LogP contribution in [0.5, 0.6) is 0 Å². The van der Waals surface area contributed by atoms with Gasteiger partial charge in [-0.15, -0.1) is 0 Å². The molecule has 0 fully saturated rings. The molecule has 2 aromatic rings. The van der Waals surface area contributed by atoms with Crippen LogP contribution in [0.25, 0.3) is 0 Å². The van der Waals surface area contributed by atoms with E-state index in [0.717, 1.165) is 12.4 Å². The fourth-order valence-corrected chi connectivity index (χ4v) is 1.90. The lowest BCUT2D eigenvalue weighted by atomic mass is 10.1. The monoisotopic (exact) mass is 256 g/mol. The molecule has 1 N–H and O–H groups in total. The summed E-state index contributed by atoms with van der Waals surface area (Å²) >= 11 is 0. The first-order chi connectivity index (χ1) is 9.06. The van der Waals surface area contributed by atoms with Crippen LogP contribution in [0.3, 0.4) is 0 Å². The number of hydrogen-bond donors (Lipinski definition) is 1. The zero-order chi connectivity index (χ0) is 13.8. The van der Waals surface area contributed by atoms with E-state index in [4.69, 9.17) is 5.11 Å². The normalized spacial score (nSPS) is 10.2. The Bertz CT molecular complexity index is 579. The number of aromatic nitrogens is 1. The molecule has 0 saturated heterocycles. The Kier molecular flexibility index (Phi) is 3.80. The smallest absolute Gasteiger partial charge is 0.337 e. The third-order valence-electron chi connectivity index (χ3n) is 2.89. The Morgan fingerprint density at radius 2 is 2.11 bits per heavy atom. The molecule has 0 amide bonds. The van der Waals surface area contributed by atoms with Crippen molar-refractivity contribution in [3.63, 3.8) is 0 Å². The Morgan fingerprint density at radius 1 is 1.32 bits per heavy atom. The number of aryl methyl sites for hydroxylation is 1. The highest BCUT2D eigenvalue weighted by Crippen LogP contribution is 2.14. The van der Waals surface area contributed by atoms with Gasteiger partial charge in [-0.05, 0) is 24.6 Å². The fourth-order valence-electron chi connectivity index (χ4n) is 1.90. The van der Waals surface area contributed by atoms with Crippen molar-refractivity contribution in [3.05, 3.63) is 59.3 Å². The lowest BCUT2D eigenvalue weighted by Crippen LogP contribution is -2.17. The highest BCUT2D eigenvalue weighted by atomic mass is 16.4. The van der Waals surface area contributed by atoms with E-state index in [0.29, 0.717) is 0 Å². The highest BCUT2D eigenvalue weighted by molar-refractivity contribution is 5.87. The summed E-state index contributed by atoms with van der Waals surface area (Å²) in [6, 6.07) is 11.6. The van der Waals surface area contributed by atoms with Crippen LogP contribution >= 0.6 is 0 Å².